The highest BCUT2D eigenvalue weighted by Crippen LogP contribution is 2.35. The van der Waals surface area contributed by atoms with Crippen LogP contribution in [0.5, 0.6) is 23.0 Å². The van der Waals surface area contributed by atoms with E-state index in [1.54, 1.807) is 6.07 Å². The van der Waals surface area contributed by atoms with Gasteiger partial charge in [-0.05, 0) is 55.2 Å². The van der Waals surface area contributed by atoms with Gasteiger partial charge in [-0.15, -0.1) is 0 Å². The number of hydrogen-bond donors (Lipinski definition) is 3. The van der Waals surface area contributed by atoms with Gasteiger partial charge in [0, 0.05) is 0 Å². The Kier molecular flexibility index (Phi) is 5.11. The van der Waals surface area contributed by atoms with Crippen LogP contribution in [0.15, 0.2) is 30.3 Å². The molecule has 122 valence electrons. The van der Waals surface area contributed by atoms with Gasteiger partial charge in [-0.25, -0.2) is 4.79 Å². The molecule has 0 radical (unpaired) electrons. The summed E-state index contributed by atoms with van der Waals surface area (Å²) in [6.07, 6.45) is 3.04. The maximum Gasteiger partial charge on any atom is 0.343 e. The van der Waals surface area contributed by atoms with Crippen LogP contribution in [0.4, 0.5) is 0 Å². The number of benzene rings is 2. The molecule has 0 aliphatic heterocycles. The Morgan fingerprint density at radius 1 is 1.09 bits per heavy atom. The molecule has 0 unspecified atom stereocenters. The first-order chi connectivity index (χ1) is 10.9. The van der Waals surface area contributed by atoms with E-state index in [2.05, 4.69) is 6.92 Å². The summed E-state index contributed by atoms with van der Waals surface area (Å²) < 4.78 is 5.28. The Morgan fingerprint density at radius 3 is 2.35 bits per heavy atom. The van der Waals surface area contributed by atoms with E-state index < -0.39 is 23.2 Å². The minimum Gasteiger partial charge on any atom is -0.504 e. The van der Waals surface area contributed by atoms with Crippen molar-refractivity contribution >= 4 is 5.97 Å². The molecule has 3 N–H and O–H groups in total. The topological polar surface area (TPSA) is 87.0 Å². The minimum absolute atomic E-state index is 0.0477. The molecule has 0 atom stereocenters. The fraction of sp³-hybridized carbons (Fsp3) is 0.278. The van der Waals surface area contributed by atoms with E-state index in [0.717, 1.165) is 42.5 Å². The fourth-order valence-corrected chi connectivity index (χ4v) is 2.24. The number of esters is 1. The summed E-state index contributed by atoms with van der Waals surface area (Å²) in [5, 5.41) is 28.2. The van der Waals surface area contributed by atoms with Crippen LogP contribution in [0.2, 0.25) is 0 Å². The van der Waals surface area contributed by atoms with E-state index in [9.17, 15) is 20.1 Å². The van der Waals surface area contributed by atoms with Gasteiger partial charge in [0.05, 0.1) is 5.56 Å². The van der Waals surface area contributed by atoms with Crippen molar-refractivity contribution < 1.29 is 24.9 Å². The van der Waals surface area contributed by atoms with Gasteiger partial charge < -0.3 is 20.1 Å². The van der Waals surface area contributed by atoms with Crippen LogP contribution < -0.4 is 4.74 Å². The molecule has 23 heavy (non-hydrogen) atoms. The number of aromatic hydroxyl groups is 3. The number of carbonyl (C=O) groups excluding carboxylic acids is 1. The Hall–Kier alpha value is -2.69. The van der Waals surface area contributed by atoms with Gasteiger partial charge in [-0.2, -0.15) is 0 Å². The van der Waals surface area contributed by atoms with Gasteiger partial charge in [0.2, 0.25) is 0 Å². The van der Waals surface area contributed by atoms with Crippen LogP contribution >= 0.6 is 0 Å². The second kappa shape index (κ2) is 7.05. The van der Waals surface area contributed by atoms with Crippen LogP contribution in [-0.4, -0.2) is 21.3 Å². The van der Waals surface area contributed by atoms with Crippen molar-refractivity contribution in [3.05, 3.63) is 47.0 Å². The van der Waals surface area contributed by atoms with Gasteiger partial charge >= 0.3 is 5.97 Å². The molecule has 2 rings (SSSR count). The summed E-state index contributed by atoms with van der Waals surface area (Å²) in [5.74, 6) is -2.15. The molecule has 0 aliphatic carbocycles. The molecule has 5 heteroatoms. The first-order valence-corrected chi connectivity index (χ1v) is 7.49. The van der Waals surface area contributed by atoms with E-state index in [4.69, 9.17) is 4.74 Å². The van der Waals surface area contributed by atoms with Crippen molar-refractivity contribution in [1.29, 1.82) is 0 Å². The third kappa shape index (κ3) is 3.94. The lowest BCUT2D eigenvalue weighted by atomic mass is 10.0. The van der Waals surface area contributed by atoms with Crippen molar-refractivity contribution in [2.75, 3.05) is 0 Å². The summed E-state index contributed by atoms with van der Waals surface area (Å²) >= 11 is 0. The minimum atomic E-state index is -0.721. The molecule has 0 spiro atoms. The molecule has 0 bridgehead atoms. The second-order valence-corrected chi connectivity index (χ2v) is 5.44. The van der Waals surface area contributed by atoms with E-state index >= 15 is 0 Å². The Morgan fingerprint density at radius 2 is 1.74 bits per heavy atom. The predicted molar refractivity (Wildman–Crippen MR) is 86.2 cm³/mol. The highest BCUT2D eigenvalue weighted by molar-refractivity contribution is 5.92. The Labute approximate surface area is 134 Å². The lowest BCUT2D eigenvalue weighted by molar-refractivity contribution is 0.0733. The highest BCUT2D eigenvalue weighted by Gasteiger charge is 2.15. The maximum atomic E-state index is 12.1. The zero-order valence-corrected chi connectivity index (χ0v) is 13.2. The van der Waals surface area contributed by atoms with Crippen LogP contribution in [0.3, 0.4) is 0 Å². The number of phenols is 3. The van der Waals surface area contributed by atoms with Gasteiger partial charge in [0.15, 0.2) is 17.2 Å². The first-order valence-electron chi connectivity index (χ1n) is 7.49. The number of carbonyl (C=O) groups is 1. The molecule has 0 aliphatic rings. The molecule has 0 aromatic heterocycles. The van der Waals surface area contributed by atoms with Crippen LogP contribution in [-0.2, 0) is 6.42 Å². The van der Waals surface area contributed by atoms with Crippen molar-refractivity contribution in [2.45, 2.75) is 33.1 Å². The normalized spacial score (nSPS) is 10.5. The van der Waals surface area contributed by atoms with E-state index in [1.165, 1.54) is 0 Å². The third-order valence-corrected chi connectivity index (χ3v) is 3.64. The van der Waals surface area contributed by atoms with Gasteiger partial charge in [0.1, 0.15) is 5.75 Å². The van der Waals surface area contributed by atoms with Crippen molar-refractivity contribution in [3.63, 3.8) is 0 Å². The lowest BCUT2D eigenvalue weighted by Crippen LogP contribution is -2.08. The standard InChI is InChI=1S/C18H20O5/c1-3-4-5-12-8-14(7-6-11(12)2)23-18(22)13-9-15(19)17(21)16(20)10-13/h6-10,19-21H,3-5H2,1-2H3. The van der Waals surface area contributed by atoms with Crippen molar-refractivity contribution in [3.8, 4) is 23.0 Å². The first kappa shape index (κ1) is 16.7. The van der Waals surface area contributed by atoms with Crippen LogP contribution in [0.25, 0.3) is 0 Å². The molecule has 2 aromatic carbocycles. The quantitative estimate of drug-likeness (QED) is 0.445. The Bertz CT molecular complexity index is 698. The second-order valence-electron chi connectivity index (χ2n) is 5.44. The number of hydrogen-bond acceptors (Lipinski definition) is 5. The molecule has 2 aromatic rings. The highest BCUT2D eigenvalue weighted by atomic mass is 16.5. The van der Waals surface area contributed by atoms with Gasteiger partial charge in [-0.3, -0.25) is 0 Å². The summed E-state index contributed by atoms with van der Waals surface area (Å²) in [6.45, 7) is 4.12. The number of rotatable bonds is 5. The summed E-state index contributed by atoms with van der Waals surface area (Å²) in [6, 6.07) is 7.50. The van der Waals surface area contributed by atoms with Gasteiger partial charge in [-0.1, -0.05) is 19.4 Å². The molecular formula is C18H20O5. The number of aryl methyl sites for hydroxylation is 2. The maximum absolute atomic E-state index is 12.1. The molecular weight excluding hydrogens is 296 g/mol. The number of phenolic OH excluding ortho intramolecular Hbond substituents is 3. The average Bonchev–Trinajstić information content (AvgIpc) is 2.52. The summed E-state index contributed by atoms with van der Waals surface area (Å²) in [4.78, 5) is 12.1. The average molecular weight is 316 g/mol. The molecule has 0 saturated heterocycles. The smallest absolute Gasteiger partial charge is 0.343 e. The molecule has 0 saturated carbocycles. The Balaban J connectivity index is 2.20. The van der Waals surface area contributed by atoms with Crippen molar-refractivity contribution in [2.24, 2.45) is 0 Å². The van der Waals surface area contributed by atoms with E-state index in [1.807, 2.05) is 19.1 Å². The molecule has 5 nitrogen and oxygen atoms in total. The molecule has 0 fully saturated rings. The van der Waals surface area contributed by atoms with Crippen molar-refractivity contribution in [1.82, 2.24) is 0 Å². The molecule has 0 amide bonds. The lowest BCUT2D eigenvalue weighted by Gasteiger charge is -2.10. The van der Waals surface area contributed by atoms with E-state index in [-0.39, 0.29) is 5.56 Å². The molecule has 0 heterocycles. The predicted octanol–water partition coefficient (Wildman–Crippen LogP) is 3.67. The van der Waals surface area contributed by atoms with Gasteiger partial charge in [0.25, 0.3) is 0 Å². The number of ether oxygens (including phenoxy) is 1. The fourth-order valence-electron chi connectivity index (χ4n) is 2.24. The van der Waals surface area contributed by atoms with Crippen LogP contribution in [0, 0.1) is 6.92 Å². The SMILES string of the molecule is CCCCc1cc(OC(=O)c2cc(O)c(O)c(O)c2)ccc1C. The zero-order valence-electron chi connectivity index (χ0n) is 13.2. The monoisotopic (exact) mass is 316 g/mol. The summed E-state index contributed by atoms with van der Waals surface area (Å²) in [7, 11) is 0. The van der Waals surface area contributed by atoms with Crippen LogP contribution in [0.1, 0.15) is 41.3 Å². The van der Waals surface area contributed by atoms with E-state index in [0.29, 0.717) is 5.75 Å². The summed E-state index contributed by atoms with van der Waals surface area (Å²) in [5.41, 5.74) is 2.21. The third-order valence-electron chi connectivity index (χ3n) is 3.64. The largest absolute Gasteiger partial charge is 0.504 e. The zero-order chi connectivity index (χ0) is 17.0. The number of unbranched alkanes of at least 4 members (excludes halogenated alkanes) is 1.